The second-order valence-corrected chi connectivity index (χ2v) is 7.75. The van der Waals surface area contributed by atoms with Gasteiger partial charge in [0.1, 0.15) is 0 Å². The quantitative estimate of drug-likeness (QED) is 0.483. The zero-order chi connectivity index (χ0) is 18.4. The molecule has 4 aromatic rings. The Balaban J connectivity index is 1.32. The van der Waals surface area contributed by atoms with Gasteiger partial charge in [-0.05, 0) is 48.6 Å². The monoisotopic (exact) mass is 377 g/mol. The fraction of sp³-hybridized carbons (Fsp3) is 0.227. The number of aryl methyl sites for hydroxylation is 1. The van der Waals surface area contributed by atoms with E-state index < -0.39 is 0 Å². The number of halogens is 1. The highest BCUT2D eigenvalue weighted by Crippen LogP contribution is 2.30. The number of hydrogen-bond donors (Lipinski definition) is 3. The van der Waals surface area contributed by atoms with Crippen molar-refractivity contribution in [1.82, 2.24) is 15.3 Å². The summed E-state index contributed by atoms with van der Waals surface area (Å²) in [5, 5.41) is 6.31. The van der Waals surface area contributed by atoms with Crippen molar-refractivity contribution >= 4 is 39.3 Å². The Bertz CT molecular complexity index is 1160. The molecule has 136 valence electrons. The second kappa shape index (κ2) is 6.46. The number of fused-ring (bicyclic) bond motifs is 4. The second-order valence-electron chi connectivity index (χ2n) is 7.32. The number of carbonyl (C=O) groups is 1. The van der Waals surface area contributed by atoms with Crippen molar-refractivity contribution in [3.8, 4) is 0 Å². The van der Waals surface area contributed by atoms with E-state index in [0.717, 1.165) is 46.3 Å². The van der Waals surface area contributed by atoms with Crippen molar-refractivity contribution in [3.63, 3.8) is 0 Å². The summed E-state index contributed by atoms with van der Waals surface area (Å²) in [7, 11) is 0. The van der Waals surface area contributed by atoms with Gasteiger partial charge >= 0.3 is 0 Å². The highest BCUT2D eigenvalue weighted by atomic mass is 35.5. The SMILES string of the molecule is O=C(Cc1c[nH]c2ccccc12)NC1CCc2[nH]c3cc(Cl)ccc3c2C1. The summed E-state index contributed by atoms with van der Waals surface area (Å²) in [5.41, 5.74) is 5.78. The summed E-state index contributed by atoms with van der Waals surface area (Å²) in [4.78, 5) is 19.4. The standard InChI is InChI=1S/C22H20ClN3O/c23-14-5-7-17-18-11-15(6-8-20(18)26-21(17)10-14)25-22(27)9-13-12-24-19-4-2-1-3-16(13)19/h1-5,7,10,12,15,24,26H,6,8-9,11H2,(H,25,27). The minimum Gasteiger partial charge on any atom is -0.361 e. The van der Waals surface area contributed by atoms with Crippen LogP contribution in [0.15, 0.2) is 48.7 Å². The van der Waals surface area contributed by atoms with Crippen LogP contribution in [0.2, 0.25) is 5.02 Å². The number of benzene rings is 2. The first-order valence-electron chi connectivity index (χ1n) is 9.31. The first-order chi connectivity index (χ1) is 13.2. The van der Waals surface area contributed by atoms with Gasteiger partial charge in [0.05, 0.1) is 6.42 Å². The Morgan fingerprint density at radius 2 is 2.04 bits per heavy atom. The predicted octanol–water partition coefficient (Wildman–Crippen LogP) is 4.52. The van der Waals surface area contributed by atoms with Crippen LogP contribution < -0.4 is 5.32 Å². The van der Waals surface area contributed by atoms with Crippen molar-refractivity contribution in [2.75, 3.05) is 0 Å². The molecule has 1 unspecified atom stereocenters. The van der Waals surface area contributed by atoms with Crippen LogP contribution in [0.4, 0.5) is 0 Å². The first-order valence-corrected chi connectivity index (χ1v) is 9.68. The van der Waals surface area contributed by atoms with Gasteiger partial charge in [-0.3, -0.25) is 4.79 Å². The van der Waals surface area contributed by atoms with Gasteiger partial charge in [0, 0.05) is 44.8 Å². The predicted molar refractivity (Wildman–Crippen MR) is 109 cm³/mol. The summed E-state index contributed by atoms with van der Waals surface area (Å²) in [5.74, 6) is 0.0797. The molecule has 0 bridgehead atoms. The van der Waals surface area contributed by atoms with Crippen LogP contribution in [0.3, 0.4) is 0 Å². The molecule has 4 nitrogen and oxygen atoms in total. The molecule has 5 heteroatoms. The molecule has 27 heavy (non-hydrogen) atoms. The van der Waals surface area contributed by atoms with Crippen molar-refractivity contribution in [2.24, 2.45) is 0 Å². The van der Waals surface area contributed by atoms with E-state index in [1.165, 1.54) is 16.6 Å². The molecule has 0 spiro atoms. The van der Waals surface area contributed by atoms with Crippen LogP contribution >= 0.6 is 11.6 Å². The van der Waals surface area contributed by atoms with E-state index in [0.29, 0.717) is 6.42 Å². The zero-order valence-corrected chi connectivity index (χ0v) is 15.6. The lowest BCUT2D eigenvalue weighted by Crippen LogP contribution is -2.39. The minimum absolute atomic E-state index is 0.0797. The number of hydrogen-bond acceptors (Lipinski definition) is 1. The Morgan fingerprint density at radius 1 is 1.15 bits per heavy atom. The van der Waals surface area contributed by atoms with Gasteiger partial charge in [0.25, 0.3) is 0 Å². The van der Waals surface area contributed by atoms with E-state index in [2.05, 4.69) is 27.4 Å². The maximum atomic E-state index is 12.6. The third-order valence-corrected chi connectivity index (χ3v) is 5.78. The number of rotatable bonds is 3. The molecular weight excluding hydrogens is 358 g/mol. The summed E-state index contributed by atoms with van der Waals surface area (Å²) >= 11 is 6.11. The van der Waals surface area contributed by atoms with E-state index in [1.807, 2.05) is 36.5 Å². The van der Waals surface area contributed by atoms with Gasteiger partial charge in [0.2, 0.25) is 5.91 Å². The van der Waals surface area contributed by atoms with Crippen molar-refractivity contribution in [1.29, 1.82) is 0 Å². The summed E-state index contributed by atoms with van der Waals surface area (Å²) in [6, 6.07) is 14.2. The fourth-order valence-corrected chi connectivity index (χ4v) is 4.42. The normalized spacial score (nSPS) is 16.6. The van der Waals surface area contributed by atoms with Gasteiger partial charge in [0.15, 0.2) is 0 Å². The van der Waals surface area contributed by atoms with Gasteiger partial charge in [-0.1, -0.05) is 35.9 Å². The summed E-state index contributed by atoms with van der Waals surface area (Å²) in [6.45, 7) is 0. The lowest BCUT2D eigenvalue weighted by molar-refractivity contribution is -0.121. The molecule has 3 N–H and O–H groups in total. The van der Waals surface area contributed by atoms with Crippen LogP contribution in [0.1, 0.15) is 23.2 Å². The molecule has 0 aliphatic heterocycles. The average Bonchev–Trinajstić information content (AvgIpc) is 3.22. The summed E-state index contributed by atoms with van der Waals surface area (Å²) in [6.07, 6.45) is 5.09. The topological polar surface area (TPSA) is 60.7 Å². The molecule has 0 saturated carbocycles. The molecular formula is C22H20ClN3O. The van der Waals surface area contributed by atoms with Crippen molar-refractivity contribution in [2.45, 2.75) is 31.7 Å². The lowest BCUT2D eigenvalue weighted by atomic mass is 9.91. The average molecular weight is 378 g/mol. The van der Waals surface area contributed by atoms with Gasteiger partial charge in [-0.25, -0.2) is 0 Å². The zero-order valence-electron chi connectivity index (χ0n) is 14.8. The Labute approximate surface area is 161 Å². The number of H-pyrrole nitrogens is 2. The molecule has 1 aliphatic carbocycles. The number of amides is 1. The molecule has 0 radical (unpaired) electrons. The summed E-state index contributed by atoms with van der Waals surface area (Å²) < 4.78 is 0. The third kappa shape index (κ3) is 3.00. The van der Waals surface area contributed by atoms with Gasteiger partial charge < -0.3 is 15.3 Å². The van der Waals surface area contributed by atoms with Gasteiger partial charge in [-0.15, -0.1) is 0 Å². The number of para-hydroxylation sites is 1. The first kappa shape index (κ1) is 16.5. The van der Waals surface area contributed by atoms with Crippen molar-refractivity contribution in [3.05, 3.63) is 70.5 Å². The van der Waals surface area contributed by atoms with Gasteiger partial charge in [-0.2, -0.15) is 0 Å². The molecule has 0 saturated heterocycles. The van der Waals surface area contributed by atoms with Crippen LogP contribution in [0, 0.1) is 0 Å². The number of nitrogens with one attached hydrogen (secondary N) is 3. The maximum absolute atomic E-state index is 12.6. The van der Waals surface area contributed by atoms with Crippen LogP contribution in [0.25, 0.3) is 21.8 Å². The molecule has 1 atom stereocenters. The van der Waals surface area contributed by atoms with Crippen molar-refractivity contribution < 1.29 is 4.79 Å². The maximum Gasteiger partial charge on any atom is 0.224 e. The fourth-order valence-electron chi connectivity index (χ4n) is 4.25. The van der Waals surface area contributed by atoms with Crippen LogP contribution in [-0.4, -0.2) is 21.9 Å². The van der Waals surface area contributed by atoms with E-state index in [1.54, 1.807) is 0 Å². The Hall–Kier alpha value is -2.72. The number of aromatic nitrogens is 2. The Kier molecular flexibility index (Phi) is 3.94. The molecule has 2 heterocycles. The van der Waals surface area contributed by atoms with Crippen LogP contribution in [-0.2, 0) is 24.1 Å². The molecule has 2 aromatic carbocycles. The smallest absolute Gasteiger partial charge is 0.224 e. The van der Waals surface area contributed by atoms with Crippen LogP contribution in [0.5, 0.6) is 0 Å². The molecule has 1 aliphatic rings. The molecule has 2 aromatic heterocycles. The number of carbonyl (C=O) groups excluding carboxylic acids is 1. The van der Waals surface area contributed by atoms with E-state index >= 15 is 0 Å². The highest BCUT2D eigenvalue weighted by Gasteiger charge is 2.24. The largest absolute Gasteiger partial charge is 0.361 e. The minimum atomic E-state index is 0.0797. The Morgan fingerprint density at radius 3 is 2.96 bits per heavy atom. The molecule has 1 amide bonds. The lowest BCUT2D eigenvalue weighted by Gasteiger charge is -2.23. The van der Waals surface area contributed by atoms with E-state index in [-0.39, 0.29) is 11.9 Å². The molecule has 5 rings (SSSR count). The van der Waals surface area contributed by atoms with E-state index in [4.69, 9.17) is 11.6 Å². The number of aromatic amines is 2. The highest BCUT2D eigenvalue weighted by molar-refractivity contribution is 6.31. The van der Waals surface area contributed by atoms with E-state index in [9.17, 15) is 4.79 Å². The molecule has 0 fully saturated rings. The third-order valence-electron chi connectivity index (χ3n) is 5.54.